The molecule has 4 N–H and O–H groups in total. The zero-order chi connectivity index (χ0) is 16.0. The number of hydrogen-bond donors (Lipinski definition) is 3. The van der Waals surface area contributed by atoms with Crippen molar-refractivity contribution in [3.05, 3.63) is 35.1 Å². The van der Waals surface area contributed by atoms with Crippen LogP contribution in [0.25, 0.3) is 0 Å². The van der Waals surface area contributed by atoms with Crippen LogP contribution in [0.5, 0.6) is 0 Å². The van der Waals surface area contributed by atoms with Crippen molar-refractivity contribution in [3.8, 4) is 0 Å². The van der Waals surface area contributed by atoms with Gasteiger partial charge in [0.2, 0.25) is 10.0 Å². The SMILES string of the molecule is CC(C)OCCS(=O)(=O)NCc1ccc(C(=N)N)cc1F. The molecule has 1 aromatic rings. The van der Waals surface area contributed by atoms with Crippen LogP contribution in [0.1, 0.15) is 25.0 Å². The van der Waals surface area contributed by atoms with Crippen LogP contribution < -0.4 is 10.5 Å². The quantitative estimate of drug-likeness (QED) is 0.490. The van der Waals surface area contributed by atoms with Crippen molar-refractivity contribution in [1.29, 1.82) is 5.41 Å². The third kappa shape index (κ3) is 6.19. The van der Waals surface area contributed by atoms with Crippen LogP contribution in [0.2, 0.25) is 0 Å². The van der Waals surface area contributed by atoms with Gasteiger partial charge in [0.15, 0.2) is 0 Å². The lowest BCUT2D eigenvalue weighted by atomic mass is 10.1. The van der Waals surface area contributed by atoms with E-state index in [9.17, 15) is 12.8 Å². The molecule has 0 amide bonds. The van der Waals surface area contributed by atoms with Gasteiger partial charge in [-0.2, -0.15) is 0 Å². The summed E-state index contributed by atoms with van der Waals surface area (Å²) in [5.74, 6) is -1.03. The van der Waals surface area contributed by atoms with E-state index in [1.54, 1.807) is 0 Å². The zero-order valence-electron chi connectivity index (χ0n) is 12.0. The van der Waals surface area contributed by atoms with Gasteiger partial charge in [-0.05, 0) is 19.9 Å². The number of nitrogens with two attached hydrogens (primary N) is 1. The lowest BCUT2D eigenvalue weighted by molar-refractivity contribution is 0.0911. The number of sulfonamides is 1. The van der Waals surface area contributed by atoms with Crippen molar-refractivity contribution in [3.63, 3.8) is 0 Å². The van der Waals surface area contributed by atoms with E-state index in [0.29, 0.717) is 0 Å². The summed E-state index contributed by atoms with van der Waals surface area (Å²) in [5.41, 5.74) is 5.69. The van der Waals surface area contributed by atoms with Crippen molar-refractivity contribution in [2.24, 2.45) is 5.73 Å². The highest BCUT2D eigenvalue weighted by molar-refractivity contribution is 7.89. The van der Waals surface area contributed by atoms with Crippen LogP contribution in [0.4, 0.5) is 4.39 Å². The van der Waals surface area contributed by atoms with Crippen LogP contribution >= 0.6 is 0 Å². The Labute approximate surface area is 124 Å². The third-order valence-corrected chi connectivity index (χ3v) is 3.94. The molecule has 0 unspecified atom stereocenters. The highest BCUT2D eigenvalue weighted by atomic mass is 32.2. The van der Waals surface area contributed by atoms with Crippen molar-refractivity contribution < 1.29 is 17.5 Å². The predicted octanol–water partition coefficient (Wildman–Crippen LogP) is 0.954. The van der Waals surface area contributed by atoms with Crippen molar-refractivity contribution in [2.75, 3.05) is 12.4 Å². The Morgan fingerprint density at radius 1 is 1.48 bits per heavy atom. The maximum atomic E-state index is 13.7. The third-order valence-electron chi connectivity index (χ3n) is 2.65. The van der Waals surface area contributed by atoms with Gasteiger partial charge in [0.25, 0.3) is 0 Å². The van der Waals surface area contributed by atoms with Crippen LogP contribution in [0.15, 0.2) is 18.2 Å². The molecule has 0 atom stereocenters. The summed E-state index contributed by atoms with van der Waals surface area (Å²) in [7, 11) is -3.53. The maximum absolute atomic E-state index is 13.7. The average Bonchev–Trinajstić information content (AvgIpc) is 2.36. The Bertz CT molecular complexity index is 603. The van der Waals surface area contributed by atoms with Crippen LogP contribution in [-0.2, 0) is 21.3 Å². The zero-order valence-corrected chi connectivity index (χ0v) is 12.8. The molecule has 0 aliphatic rings. The summed E-state index contributed by atoms with van der Waals surface area (Å²) in [6.45, 7) is 3.55. The first-order chi connectivity index (χ1) is 9.71. The molecule has 118 valence electrons. The summed E-state index contributed by atoms with van der Waals surface area (Å²) in [4.78, 5) is 0. The largest absolute Gasteiger partial charge is 0.384 e. The fourth-order valence-electron chi connectivity index (χ4n) is 1.51. The van der Waals surface area contributed by atoms with E-state index in [1.165, 1.54) is 12.1 Å². The van der Waals surface area contributed by atoms with Crippen molar-refractivity contribution in [1.82, 2.24) is 4.72 Å². The number of benzene rings is 1. The van der Waals surface area contributed by atoms with Gasteiger partial charge in [-0.15, -0.1) is 0 Å². The lowest BCUT2D eigenvalue weighted by Gasteiger charge is -2.10. The molecule has 0 bridgehead atoms. The highest BCUT2D eigenvalue weighted by Crippen LogP contribution is 2.10. The average molecular weight is 317 g/mol. The molecule has 1 aromatic carbocycles. The summed E-state index contributed by atoms with van der Waals surface area (Å²) >= 11 is 0. The van der Waals surface area contributed by atoms with Gasteiger partial charge in [0.1, 0.15) is 11.7 Å². The fraction of sp³-hybridized carbons (Fsp3) is 0.462. The van der Waals surface area contributed by atoms with Gasteiger partial charge in [-0.3, -0.25) is 5.41 Å². The van der Waals surface area contributed by atoms with Gasteiger partial charge in [-0.25, -0.2) is 17.5 Å². The van der Waals surface area contributed by atoms with Crippen LogP contribution in [0, 0.1) is 11.2 Å². The number of hydrogen-bond acceptors (Lipinski definition) is 4. The second-order valence-corrected chi connectivity index (χ2v) is 6.71. The minimum Gasteiger partial charge on any atom is -0.384 e. The Morgan fingerprint density at radius 3 is 2.67 bits per heavy atom. The van der Waals surface area contributed by atoms with Crippen molar-refractivity contribution in [2.45, 2.75) is 26.5 Å². The number of rotatable bonds is 8. The molecule has 21 heavy (non-hydrogen) atoms. The summed E-state index contributed by atoms with van der Waals surface area (Å²) in [5, 5.41) is 7.20. The number of halogens is 1. The number of nitrogen functional groups attached to an aromatic ring is 1. The molecule has 1 rings (SSSR count). The molecule has 6 nitrogen and oxygen atoms in total. The van der Waals surface area contributed by atoms with E-state index in [1.807, 2.05) is 13.8 Å². The Kier molecular flexibility index (Phi) is 6.25. The molecule has 0 spiro atoms. The summed E-state index contributed by atoms with van der Waals surface area (Å²) in [6, 6.07) is 3.98. The van der Waals surface area contributed by atoms with Gasteiger partial charge < -0.3 is 10.5 Å². The Balaban J connectivity index is 2.60. The molecule has 0 aliphatic carbocycles. The maximum Gasteiger partial charge on any atom is 0.214 e. The molecule has 0 fully saturated rings. The second-order valence-electron chi connectivity index (χ2n) is 4.78. The first-order valence-corrected chi connectivity index (χ1v) is 8.08. The second kappa shape index (κ2) is 7.48. The molecule has 8 heteroatoms. The van der Waals surface area contributed by atoms with Gasteiger partial charge >= 0.3 is 0 Å². The van der Waals surface area contributed by atoms with E-state index in [0.717, 1.165) is 6.07 Å². The Hall–Kier alpha value is -1.51. The van der Waals surface area contributed by atoms with E-state index in [2.05, 4.69) is 4.72 Å². The topological polar surface area (TPSA) is 105 Å². The summed E-state index contributed by atoms with van der Waals surface area (Å²) < 4.78 is 44.6. The molecule has 0 aliphatic heterocycles. The normalized spacial score (nSPS) is 11.8. The van der Waals surface area contributed by atoms with Gasteiger partial charge in [-0.1, -0.05) is 12.1 Å². The fourth-order valence-corrected chi connectivity index (χ4v) is 2.35. The smallest absolute Gasteiger partial charge is 0.214 e. The van der Waals surface area contributed by atoms with Gasteiger partial charge in [0, 0.05) is 17.7 Å². The lowest BCUT2D eigenvalue weighted by Crippen LogP contribution is -2.29. The van der Waals surface area contributed by atoms with Crippen LogP contribution in [-0.4, -0.2) is 32.7 Å². The molecule has 0 saturated heterocycles. The van der Waals surface area contributed by atoms with E-state index in [4.69, 9.17) is 15.9 Å². The minimum atomic E-state index is -3.53. The summed E-state index contributed by atoms with van der Waals surface area (Å²) in [6.07, 6.45) is -0.0447. The molecule has 0 heterocycles. The van der Waals surface area contributed by atoms with Gasteiger partial charge in [0.05, 0.1) is 18.5 Å². The highest BCUT2D eigenvalue weighted by Gasteiger charge is 2.12. The minimum absolute atomic E-state index is 0.0447. The van der Waals surface area contributed by atoms with Crippen molar-refractivity contribution >= 4 is 15.9 Å². The molecule has 0 radical (unpaired) electrons. The number of nitrogens with one attached hydrogen (secondary N) is 2. The molecular weight excluding hydrogens is 297 g/mol. The first kappa shape index (κ1) is 17.5. The number of amidine groups is 1. The molecular formula is C13H20FN3O3S. The monoisotopic (exact) mass is 317 g/mol. The first-order valence-electron chi connectivity index (χ1n) is 6.43. The Morgan fingerprint density at radius 2 is 2.14 bits per heavy atom. The molecule has 0 aromatic heterocycles. The van der Waals surface area contributed by atoms with E-state index in [-0.39, 0.29) is 42.0 Å². The predicted molar refractivity (Wildman–Crippen MR) is 79.1 cm³/mol. The molecule has 0 saturated carbocycles. The number of ether oxygens (including phenoxy) is 1. The van der Waals surface area contributed by atoms with Crippen LogP contribution in [0.3, 0.4) is 0 Å². The van der Waals surface area contributed by atoms with E-state index < -0.39 is 15.8 Å². The standard InChI is InChI=1S/C13H20FN3O3S/c1-9(2)20-5-6-21(18,19)17-8-11-4-3-10(13(15)16)7-12(11)14/h3-4,7,9,17H,5-6,8H2,1-2H3,(H3,15,16). The van der Waals surface area contributed by atoms with E-state index >= 15 is 0 Å².